The number of hydrogen-bond donors (Lipinski definition) is 0. The molecule has 2 aliphatic rings. The third-order valence-corrected chi connectivity index (χ3v) is 16.8. The van der Waals surface area contributed by atoms with Crippen molar-refractivity contribution in [1.29, 1.82) is 0 Å². The van der Waals surface area contributed by atoms with Crippen LogP contribution >= 0.6 is 11.8 Å². The highest BCUT2D eigenvalue weighted by molar-refractivity contribution is 8.12. The molecule has 0 aliphatic carbocycles. The Hall–Kier alpha value is -9.49. The fourth-order valence-electron chi connectivity index (χ4n) is 10.8. The Morgan fingerprint density at radius 3 is 1.18 bits per heavy atom. The fraction of sp³-hybridized carbons (Fsp3) is 0.247. The molecule has 11 rings (SSSR count). The Kier molecular flexibility index (Phi) is 24.6. The second-order valence-corrected chi connectivity index (χ2v) is 23.9. The van der Waals surface area contributed by atoms with Crippen LogP contribution in [0.3, 0.4) is 0 Å². The van der Waals surface area contributed by atoms with E-state index in [1.54, 1.807) is 54.6 Å². The average molecular weight is 1380 g/mol. The van der Waals surface area contributed by atoms with E-state index in [1.807, 2.05) is 121 Å². The average Bonchev–Trinajstić information content (AvgIpc) is 0.780. The molecule has 512 valence electrons. The van der Waals surface area contributed by atoms with Gasteiger partial charge in [-0.3, -0.25) is 0 Å². The Balaban J connectivity index is 1.03. The van der Waals surface area contributed by atoms with Gasteiger partial charge in [0.05, 0.1) is 73.1 Å². The smallest absolute Gasteiger partial charge is 0.416 e. The molecule has 0 saturated carbocycles. The summed E-state index contributed by atoms with van der Waals surface area (Å²) in [5.41, 5.74) is 1.62. The fourth-order valence-corrected chi connectivity index (χ4v) is 11.7. The van der Waals surface area contributed by atoms with E-state index in [9.17, 15) is 40.7 Å². The van der Waals surface area contributed by atoms with Gasteiger partial charge in [-0.05, 0) is 101 Å². The molecule has 2 heterocycles. The first kappa shape index (κ1) is 70.8. The molecule has 0 spiro atoms. The molecule has 2 aliphatic heterocycles. The van der Waals surface area contributed by atoms with Gasteiger partial charge in [-0.1, -0.05) is 200 Å². The van der Waals surface area contributed by atoms with Crippen LogP contribution in [0, 0.1) is 0 Å². The lowest BCUT2D eigenvalue weighted by Crippen LogP contribution is -2.64. The summed E-state index contributed by atoms with van der Waals surface area (Å²) in [4.78, 5) is 48.8. The van der Waals surface area contributed by atoms with Gasteiger partial charge in [0.15, 0.2) is 18.5 Å². The summed E-state index contributed by atoms with van der Waals surface area (Å²) in [5, 5.41) is -0.392. The maximum atomic E-state index is 14.8. The molecule has 0 unspecified atom stereocenters. The minimum atomic E-state index is -4.74. The molecule has 0 bridgehead atoms. The predicted molar refractivity (Wildman–Crippen MR) is 354 cm³/mol. The first-order valence-corrected chi connectivity index (χ1v) is 32.6. The second-order valence-electron chi connectivity index (χ2n) is 22.9. The summed E-state index contributed by atoms with van der Waals surface area (Å²) >= 11 is 0.782. The number of rotatable bonds is 26. The molecule has 15 nitrogen and oxygen atoms in total. The van der Waals surface area contributed by atoms with E-state index < -0.39 is 115 Å². The van der Waals surface area contributed by atoms with Crippen molar-refractivity contribution in [3.8, 4) is 0 Å². The number of carbonyl (C=O) groups excluding carboxylic acids is 3. The minimum Gasteiger partial charge on any atom is -0.452 e. The van der Waals surface area contributed by atoms with Crippen LogP contribution in [0.2, 0.25) is 0 Å². The van der Waals surface area contributed by atoms with E-state index >= 15 is 0 Å². The molecule has 0 radical (unpaired) electrons. The number of alkyl halides is 6. The van der Waals surface area contributed by atoms with Crippen molar-refractivity contribution in [2.45, 2.75) is 106 Å². The summed E-state index contributed by atoms with van der Waals surface area (Å²) < 4.78 is 158. The van der Waals surface area contributed by atoms with Crippen LogP contribution in [-0.2, 0) is 96.6 Å². The summed E-state index contributed by atoms with van der Waals surface area (Å²) in [6.45, 7) is -0.439. The summed E-state index contributed by atoms with van der Waals surface area (Å²) in [5.74, 6) is -3.14. The van der Waals surface area contributed by atoms with Crippen LogP contribution in [0.25, 0.3) is 0 Å². The molecular formula is C77H67F6NO14S. The van der Waals surface area contributed by atoms with Gasteiger partial charge in [0.25, 0.3) is 5.23 Å². The highest BCUT2D eigenvalue weighted by Crippen LogP contribution is 2.38. The zero-order chi connectivity index (χ0) is 69.0. The van der Waals surface area contributed by atoms with Gasteiger partial charge in [-0.2, -0.15) is 26.3 Å². The normalized spacial score (nSPS) is 21.1. The van der Waals surface area contributed by atoms with Crippen molar-refractivity contribution in [2.75, 3.05) is 13.2 Å². The third-order valence-electron chi connectivity index (χ3n) is 15.9. The molecule has 99 heavy (non-hydrogen) atoms. The van der Waals surface area contributed by atoms with E-state index in [1.165, 1.54) is 48.5 Å². The second kappa shape index (κ2) is 34.3. The van der Waals surface area contributed by atoms with Crippen molar-refractivity contribution in [2.24, 2.45) is 4.99 Å². The molecule has 0 aromatic heterocycles. The van der Waals surface area contributed by atoms with E-state index in [0.29, 0.717) is 5.56 Å². The SMILES string of the molecule is O=C(O[C@@H]1[C@@H](OC(=O)c2ccccc2)[C@@H](OC(=Nc2ccc(C(F)(F)F)cc2)SCc2ccc(C(F)(F)F)cc2)O[C@H](CO[C@@H]2O[C@H](COCc3ccccc3)[C@@H](OCc3ccccc3)[C@H](OCc3ccccc3)[C@H]2OCc2ccccc2)[C@H]1OC(=O)c1ccccc1)c1ccccc1. The Labute approximate surface area is 571 Å². The molecule has 0 amide bonds. The van der Waals surface area contributed by atoms with Gasteiger partial charge < -0.3 is 52.1 Å². The molecule has 10 atom stereocenters. The highest BCUT2D eigenvalue weighted by atomic mass is 32.2. The van der Waals surface area contributed by atoms with Gasteiger partial charge >= 0.3 is 30.3 Å². The van der Waals surface area contributed by atoms with Gasteiger partial charge in [0, 0.05) is 5.75 Å². The number of halogens is 6. The first-order chi connectivity index (χ1) is 48.1. The maximum Gasteiger partial charge on any atom is 0.416 e. The number of esters is 3. The van der Waals surface area contributed by atoms with Crippen molar-refractivity contribution < 1.29 is 92.8 Å². The van der Waals surface area contributed by atoms with E-state index in [-0.39, 0.29) is 61.2 Å². The molecule has 0 N–H and O–H groups in total. The number of carbonyl (C=O) groups is 3. The lowest BCUT2D eigenvalue weighted by Gasteiger charge is -2.47. The van der Waals surface area contributed by atoms with Crippen LogP contribution in [0.1, 0.15) is 70.0 Å². The molecule has 2 fully saturated rings. The van der Waals surface area contributed by atoms with Gasteiger partial charge in [-0.25, -0.2) is 19.4 Å². The van der Waals surface area contributed by atoms with Crippen LogP contribution < -0.4 is 0 Å². The third kappa shape index (κ3) is 20.1. The number of benzene rings is 9. The predicted octanol–water partition coefficient (Wildman–Crippen LogP) is 15.8. The van der Waals surface area contributed by atoms with Crippen molar-refractivity contribution in [3.05, 3.63) is 316 Å². The van der Waals surface area contributed by atoms with Crippen LogP contribution in [0.4, 0.5) is 32.0 Å². The van der Waals surface area contributed by atoms with E-state index in [2.05, 4.69) is 4.99 Å². The van der Waals surface area contributed by atoms with Crippen molar-refractivity contribution >= 4 is 40.6 Å². The Bertz CT molecular complexity index is 4010. The summed E-state index contributed by atoms with van der Waals surface area (Å²) in [7, 11) is 0. The van der Waals surface area contributed by atoms with E-state index in [0.717, 1.165) is 70.4 Å². The van der Waals surface area contributed by atoms with Crippen LogP contribution in [-0.4, -0.2) is 97.8 Å². The van der Waals surface area contributed by atoms with Gasteiger partial charge in [0.1, 0.15) is 30.5 Å². The number of aliphatic imine (C=N–C) groups is 1. The zero-order valence-corrected chi connectivity index (χ0v) is 53.7. The molecule has 9 aromatic carbocycles. The molecule has 2 saturated heterocycles. The number of ether oxygens (including phenoxy) is 11. The minimum absolute atomic E-state index is 0.00335. The Morgan fingerprint density at radius 1 is 0.354 bits per heavy atom. The number of hydrogen-bond acceptors (Lipinski definition) is 16. The van der Waals surface area contributed by atoms with Gasteiger partial charge in [-0.15, -0.1) is 0 Å². The van der Waals surface area contributed by atoms with E-state index in [4.69, 9.17) is 52.1 Å². The Morgan fingerprint density at radius 2 is 0.727 bits per heavy atom. The molecule has 22 heteroatoms. The van der Waals surface area contributed by atoms with Crippen LogP contribution in [0.15, 0.2) is 266 Å². The quantitative estimate of drug-likeness (QED) is 0.0165. The zero-order valence-electron chi connectivity index (χ0n) is 52.9. The monoisotopic (exact) mass is 1380 g/mol. The van der Waals surface area contributed by atoms with Crippen molar-refractivity contribution in [1.82, 2.24) is 0 Å². The summed E-state index contributed by atoms with van der Waals surface area (Å²) in [6.07, 6.45) is -24.3. The maximum absolute atomic E-state index is 14.8. The van der Waals surface area contributed by atoms with Crippen molar-refractivity contribution in [3.63, 3.8) is 0 Å². The molecular weight excluding hydrogens is 1310 g/mol. The standard InChI is InChI=1S/C77H67F6NO14S/c78-76(79,80)59-38-36-55(37-39-59)50-99-75(84-61-42-40-60(41-43-61)77(81,82)83)98-74-69(97-72(87)58-34-20-7-21-35-58)67(96-71(86)57-32-18-6-19-33-57)65(95-70(85)56-30-16-5-17-31-56)63(94-74)49-92-73-68(91-47-54-28-14-4-15-29-54)66(90-46-53-26-12-3-13-27-53)64(89-45-52-24-10-2-11-25-52)62(93-73)48-88-44-51-22-8-1-9-23-51/h1-43,62-69,73-74H,44-50H2/t62-,63-,64-,65-,66+,67+,68-,69-,73-,74-/m1/s1. The number of thioether (sulfide) groups is 1. The topological polar surface area (TPSA) is 165 Å². The lowest BCUT2D eigenvalue weighted by atomic mass is 9.96. The first-order valence-electron chi connectivity index (χ1n) is 31.6. The largest absolute Gasteiger partial charge is 0.452 e. The summed E-state index contributed by atoms with van der Waals surface area (Å²) in [6, 6.07) is 68.9. The molecule has 9 aromatic rings. The lowest BCUT2D eigenvalue weighted by molar-refractivity contribution is -0.341. The van der Waals surface area contributed by atoms with Crippen LogP contribution in [0.5, 0.6) is 0 Å². The highest BCUT2D eigenvalue weighted by Gasteiger charge is 2.56. The number of nitrogens with zero attached hydrogens (tertiary/aromatic N) is 1. The van der Waals surface area contributed by atoms with Gasteiger partial charge in [0.2, 0.25) is 12.4 Å².